The maximum Gasteiger partial charge on any atom is 0.119 e. The van der Waals surface area contributed by atoms with E-state index >= 15 is 0 Å². The topological polar surface area (TPSA) is 21.3 Å². The molecule has 2 unspecified atom stereocenters. The quantitative estimate of drug-likeness (QED) is 0.744. The second-order valence-corrected chi connectivity index (χ2v) is 6.86. The molecule has 1 aliphatic rings. The SMILES string of the molecule is CCC1CCCCC1NCc1ccc(OCc2ccccc2)cc1. The van der Waals surface area contributed by atoms with Crippen LogP contribution in [0.15, 0.2) is 54.6 Å². The average molecular weight is 323 g/mol. The van der Waals surface area contributed by atoms with Gasteiger partial charge < -0.3 is 10.1 Å². The lowest BCUT2D eigenvalue weighted by molar-refractivity contribution is 0.254. The Kier molecular flexibility index (Phi) is 6.31. The molecule has 1 N–H and O–H groups in total. The van der Waals surface area contributed by atoms with Gasteiger partial charge in [0.25, 0.3) is 0 Å². The van der Waals surface area contributed by atoms with Crippen molar-refractivity contribution in [1.82, 2.24) is 5.32 Å². The fourth-order valence-corrected chi connectivity index (χ4v) is 3.66. The summed E-state index contributed by atoms with van der Waals surface area (Å²) in [6.07, 6.45) is 6.80. The van der Waals surface area contributed by atoms with Crippen LogP contribution in [0.4, 0.5) is 0 Å². The fourth-order valence-electron chi connectivity index (χ4n) is 3.66. The average Bonchev–Trinajstić information content (AvgIpc) is 2.66. The Balaban J connectivity index is 1.47. The minimum atomic E-state index is 0.624. The van der Waals surface area contributed by atoms with Crippen molar-refractivity contribution in [3.63, 3.8) is 0 Å². The van der Waals surface area contributed by atoms with Crippen molar-refractivity contribution in [2.75, 3.05) is 0 Å². The zero-order valence-corrected chi connectivity index (χ0v) is 14.7. The van der Waals surface area contributed by atoms with Crippen molar-refractivity contribution >= 4 is 0 Å². The first-order valence-electron chi connectivity index (χ1n) is 9.34. The summed E-state index contributed by atoms with van der Waals surface area (Å²) >= 11 is 0. The smallest absolute Gasteiger partial charge is 0.119 e. The van der Waals surface area contributed by atoms with Gasteiger partial charge in [0.15, 0.2) is 0 Å². The zero-order valence-electron chi connectivity index (χ0n) is 14.7. The first kappa shape index (κ1) is 17.0. The maximum atomic E-state index is 5.86. The number of hydrogen-bond donors (Lipinski definition) is 1. The Morgan fingerprint density at radius 1 is 0.917 bits per heavy atom. The molecule has 2 nitrogen and oxygen atoms in total. The van der Waals surface area contributed by atoms with E-state index in [1.165, 1.54) is 43.2 Å². The van der Waals surface area contributed by atoms with E-state index in [0.29, 0.717) is 12.6 Å². The highest BCUT2D eigenvalue weighted by Crippen LogP contribution is 2.27. The molecule has 24 heavy (non-hydrogen) atoms. The molecule has 128 valence electrons. The molecule has 0 heterocycles. The Morgan fingerprint density at radius 2 is 1.67 bits per heavy atom. The molecule has 0 amide bonds. The van der Waals surface area contributed by atoms with E-state index in [1.807, 2.05) is 18.2 Å². The second kappa shape index (κ2) is 8.89. The molecule has 2 atom stereocenters. The van der Waals surface area contributed by atoms with Crippen LogP contribution in [-0.2, 0) is 13.2 Å². The molecule has 0 saturated heterocycles. The summed E-state index contributed by atoms with van der Waals surface area (Å²) in [5.41, 5.74) is 2.54. The van der Waals surface area contributed by atoms with Gasteiger partial charge in [0.05, 0.1) is 0 Å². The van der Waals surface area contributed by atoms with Crippen LogP contribution in [0.3, 0.4) is 0 Å². The highest BCUT2D eigenvalue weighted by atomic mass is 16.5. The van der Waals surface area contributed by atoms with Gasteiger partial charge in [-0.25, -0.2) is 0 Å². The Morgan fingerprint density at radius 3 is 2.42 bits per heavy atom. The standard InChI is InChI=1S/C22H29NO/c1-2-20-10-6-7-11-22(20)23-16-18-12-14-21(15-13-18)24-17-19-8-4-3-5-9-19/h3-5,8-9,12-15,20,22-23H,2,6-7,10-11,16-17H2,1H3. The van der Waals surface area contributed by atoms with Crippen molar-refractivity contribution in [2.45, 2.75) is 58.2 Å². The molecule has 3 rings (SSSR count). The number of benzene rings is 2. The van der Waals surface area contributed by atoms with Crippen LogP contribution in [0, 0.1) is 5.92 Å². The van der Waals surface area contributed by atoms with Crippen LogP contribution in [0.2, 0.25) is 0 Å². The van der Waals surface area contributed by atoms with Crippen LogP contribution in [0.25, 0.3) is 0 Å². The molecule has 0 radical (unpaired) electrons. The van der Waals surface area contributed by atoms with E-state index in [4.69, 9.17) is 4.74 Å². The van der Waals surface area contributed by atoms with Gasteiger partial charge in [0.1, 0.15) is 12.4 Å². The van der Waals surface area contributed by atoms with Gasteiger partial charge in [-0.2, -0.15) is 0 Å². The van der Waals surface area contributed by atoms with Crippen molar-refractivity contribution in [2.24, 2.45) is 5.92 Å². The van der Waals surface area contributed by atoms with E-state index in [-0.39, 0.29) is 0 Å². The lowest BCUT2D eigenvalue weighted by Crippen LogP contribution is -2.37. The fraction of sp³-hybridized carbons (Fsp3) is 0.455. The summed E-state index contributed by atoms with van der Waals surface area (Å²) < 4.78 is 5.86. The van der Waals surface area contributed by atoms with E-state index < -0.39 is 0 Å². The van der Waals surface area contributed by atoms with Gasteiger partial charge in [-0.15, -0.1) is 0 Å². The molecule has 1 fully saturated rings. The Hall–Kier alpha value is -1.80. The molecule has 2 aromatic rings. The van der Waals surface area contributed by atoms with Crippen molar-refractivity contribution < 1.29 is 4.74 Å². The molecule has 2 heteroatoms. The van der Waals surface area contributed by atoms with Crippen molar-refractivity contribution in [1.29, 1.82) is 0 Å². The largest absolute Gasteiger partial charge is 0.489 e. The molecule has 0 aromatic heterocycles. The minimum Gasteiger partial charge on any atom is -0.489 e. The monoisotopic (exact) mass is 323 g/mol. The molecule has 0 bridgehead atoms. The second-order valence-electron chi connectivity index (χ2n) is 6.86. The van der Waals surface area contributed by atoms with Crippen molar-refractivity contribution in [3.05, 3.63) is 65.7 Å². The zero-order chi connectivity index (χ0) is 16.6. The normalized spacial score (nSPS) is 20.7. The summed E-state index contributed by atoms with van der Waals surface area (Å²) in [5, 5.41) is 3.78. The van der Waals surface area contributed by atoms with Gasteiger partial charge >= 0.3 is 0 Å². The third-order valence-corrected chi connectivity index (χ3v) is 5.17. The lowest BCUT2D eigenvalue weighted by atomic mass is 9.83. The maximum absolute atomic E-state index is 5.86. The van der Waals surface area contributed by atoms with E-state index in [1.54, 1.807) is 0 Å². The van der Waals surface area contributed by atoms with E-state index in [0.717, 1.165) is 18.2 Å². The molecular weight excluding hydrogens is 294 g/mol. The predicted octanol–water partition coefficient (Wildman–Crippen LogP) is 5.32. The Labute approximate surface area is 146 Å². The van der Waals surface area contributed by atoms with Crippen molar-refractivity contribution in [3.8, 4) is 5.75 Å². The number of hydrogen-bond acceptors (Lipinski definition) is 2. The summed E-state index contributed by atoms with van der Waals surface area (Å²) in [4.78, 5) is 0. The van der Waals surface area contributed by atoms with Gasteiger partial charge in [0.2, 0.25) is 0 Å². The molecule has 1 saturated carbocycles. The van der Waals surface area contributed by atoms with Gasteiger partial charge in [-0.05, 0) is 42.0 Å². The third-order valence-electron chi connectivity index (χ3n) is 5.17. The highest BCUT2D eigenvalue weighted by Gasteiger charge is 2.22. The van der Waals surface area contributed by atoms with Gasteiger partial charge in [0, 0.05) is 12.6 Å². The molecule has 2 aromatic carbocycles. The van der Waals surface area contributed by atoms with Crippen LogP contribution in [0.5, 0.6) is 5.75 Å². The first-order chi connectivity index (χ1) is 11.8. The number of rotatable bonds is 7. The van der Waals surface area contributed by atoms with Crippen LogP contribution in [0.1, 0.15) is 50.2 Å². The predicted molar refractivity (Wildman–Crippen MR) is 100 cm³/mol. The molecule has 0 aliphatic heterocycles. The first-order valence-corrected chi connectivity index (χ1v) is 9.34. The van der Waals surface area contributed by atoms with Crippen LogP contribution < -0.4 is 10.1 Å². The third kappa shape index (κ3) is 4.85. The molecule has 1 aliphatic carbocycles. The van der Waals surface area contributed by atoms with Gasteiger partial charge in [-0.3, -0.25) is 0 Å². The summed E-state index contributed by atoms with van der Waals surface area (Å²) in [6, 6.07) is 19.5. The summed E-state index contributed by atoms with van der Waals surface area (Å²) in [7, 11) is 0. The van der Waals surface area contributed by atoms with Crippen LogP contribution in [-0.4, -0.2) is 6.04 Å². The number of ether oxygens (including phenoxy) is 1. The highest BCUT2D eigenvalue weighted by molar-refractivity contribution is 5.27. The van der Waals surface area contributed by atoms with Gasteiger partial charge in [-0.1, -0.05) is 68.7 Å². The summed E-state index contributed by atoms with van der Waals surface area (Å²) in [6.45, 7) is 3.91. The summed E-state index contributed by atoms with van der Waals surface area (Å²) in [5.74, 6) is 1.79. The minimum absolute atomic E-state index is 0.624. The molecule has 0 spiro atoms. The van der Waals surface area contributed by atoms with E-state index in [9.17, 15) is 0 Å². The molecular formula is C22H29NO. The van der Waals surface area contributed by atoms with E-state index in [2.05, 4.69) is 48.6 Å². The lowest BCUT2D eigenvalue weighted by Gasteiger charge is -2.31. The Bertz CT molecular complexity index is 593. The van der Waals surface area contributed by atoms with Crippen LogP contribution >= 0.6 is 0 Å². The number of nitrogens with one attached hydrogen (secondary N) is 1.